The fraction of sp³-hybridized carbons (Fsp3) is 0.571. The van der Waals surface area contributed by atoms with Gasteiger partial charge in [-0.15, -0.1) is 0 Å². The average molecular weight is 269 g/mol. The molecule has 1 atom stereocenters. The number of anilines is 2. The van der Waals surface area contributed by atoms with Gasteiger partial charge in [-0.3, -0.25) is 4.90 Å². The summed E-state index contributed by atoms with van der Waals surface area (Å²) in [6.45, 7) is 7.58. The van der Waals surface area contributed by atoms with Crippen LogP contribution in [0.1, 0.15) is 20.3 Å². The van der Waals surface area contributed by atoms with E-state index in [0.29, 0.717) is 24.8 Å². The zero-order valence-corrected chi connectivity index (χ0v) is 11.5. The second kappa shape index (κ2) is 5.74. The van der Waals surface area contributed by atoms with Gasteiger partial charge in [-0.2, -0.15) is 0 Å². The fourth-order valence-corrected chi connectivity index (χ4v) is 2.86. The van der Waals surface area contributed by atoms with E-state index in [2.05, 4.69) is 18.7 Å². The van der Waals surface area contributed by atoms with E-state index in [1.54, 1.807) is 0 Å². The number of halogens is 2. The molecule has 1 fully saturated rings. The SMILES string of the molecule is CCN(CC)C1CCN(c2c(N)ccc(F)c2F)C1. The maximum atomic E-state index is 13.9. The van der Waals surface area contributed by atoms with E-state index in [1.165, 1.54) is 6.07 Å². The molecule has 1 aliphatic heterocycles. The lowest BCUT2D eigenvalue weighted by molar-refractivity contribution is 0.232. The highest BCUT2D eigenvalue weighted by molar-refractivity contribution is 5.69. The van der Waals surface area contributed by atoms with Gasteiger partial charge in [0.25, 0.3) is 0 Å². The van der Waals surface area contributed by atoms with Crippen molar-refractivity contribution in [2.24, 2.45) is 0 Å². The molecular formula is C14H21F2N3. The quantitative estimate of drug-likeness (QED) is 0.852. The van der Waals surface area contributed by atoms with Crippen LogP contribution in [0.2, 0.25) is 0 Å². The van der Waals surface area contributed by atoms with Gasteiger partial charge in [0.15, 0.2) is 11.6 Å². The Morgan fingerprint density at radius 2 is 2.00 bits per heavy atom. The molecular weight excluding hydrogens is 248 g/mol. The molecule has 0 aromatic heterocycles. The first-order chi connectivity index (χ1) is 9.08. The van der Waals surface area contributed by atoms with Crippen molar-refractivity contribution in [1.29, 1.82) is 0 Å². The van der Waals surface area contributed by atoms with Crippen LogP contribution in [-0.2, 0) is 0 Å². The summed E-state index contributed by atoms with van der Waals surface area (Å²) in [6.07, 6.45) is 0.955. The van der Waals surface area contributed by atoms with Crippen LogP contribution in [-0.4, -0.2) is 37.1 Å². The highest BCUT2D eigenvalue weighted by Gasteiger charge is 2.29. The number of likely N-dealkylation sites (N-methyl/N-ethyl adjacent to an activating group) is 1. The number of rotatable bonds is 4. The maximum Gasteiger partial charge on any atom is 0.184 e. The zero-order chi connectivity index (χ0) is 14.0. The monoisotopic (exact) mass is 269 g/mol. The smallest absolute Gasteiger partial charge is 0.184 e. The number of nitrogens with zero attached hydrogens (tertiary/aromatic N) is 2. The summed E-state index contributed by atoms with van der Waals surface area (Å²) in [5.74, 6) is -1.67. The Hall–Kier alpha value is -1.36. The van der Waals surface area contributed by atoms with E-state index in [4.69, 9.17) is 5.73 Å². The van der Waals surface area contributed by atoms with Crippen LogP contribution in [0.4, 0.5) is 20.2 Å². The van der Waals surface area contributed by atoms with Crippen molar-refractivity contribution >= 4 is 11.4 Å². The van der Waals surface area contributed by atoms with Gasteiger partial charge in [0, 0.05) is 19.1 Å². The van der Waals surface area contributed by atoms with Gasteiger partial charge < -0.3 is 10.6 Å². The van der Waals surface area contributed by atoms with Crippen LogP contribution in [0, 0.1) is 11.6 Å². The van der Waals surface area contributed by atoms with E-state index >= 15 is 0 Å². The van der Waals surface area contributed by atoms with Gasteiger partial charge in [0.1, 0.15) is 0 Å². The Morgan fingerprint density at radius 3 is 2.63 bits per heavy atom. The standard InChI is InChI=1S/C14H21F2N3/c1-3-18(4-2)10-7-8-19(9-10)14-12(17)6-5-11(15)13(14)16/h5-6,10H,3-4,7-9,17H2,1-2H3. The Kier molecular flexibility index (Phi) is 4.24. The third-order valence-electron chi connectivity index (χ3n) is 3.91. The fourth-order valence-electron chi connectivity index (χ4n) is 2.86. The van der Waals surface area contributed by atoms with Gasteiger partial charge in [-0.25, -0.2) is 8.78 Å². The van der Waals surface area contributed by atoms with Crippen LogP contribution < -0.4 is 10.6 Å². The largest absolute Gasteiger partial charge is 0.397 e. The molecule has 5 heteroatoms. The molecule has 2 N–H and O–H groups in total. The van der Waals surface area contributed by atoms with Crippen LogP contribution in [0.15, 0.2) is 12.1 Å². The normalized spacial score (nSPS) is 19.4. The molecule has 1 heterocycles. The minimum atomic E-state index is -0.838. The molecule has 1 aliphatic rings. The van der Waals surface area contributed by atoms with Crippen molar-refractivity contribution in [1.82, 2.24) is 4.90 Å². The summed E-state index contributed by atoms with van der Waals surface area (Å²) in [7, 11) is 0. The number of nitrogen functional groups attached to an aromatic ring is 1. The summed E-state index contributed by atoms with van der Waals surface area (Å²) in [5.41, 5.74) is 6.32. The third kappa shape index (κ3) is 2.66. The van der Waals surface area contributed by atoms with Gasteiger partial charge in [-0.1, -0.05) is 13.8 Å². The Morgan fingerprint density at radius 1 is 1.32 bits per heavy atom. The molecule has 3 nitrogen and oxygen atoms in total. The Bertz CT molecular complexity index is 447. The van der Waals surface area contributed by atoms with Crippen molar-refractivity contribution in [2.75, 3.05) is 36.8 Å². The van der Waals surface area contributed by atoms with Crippen molar-refractivity contribution in [3.8, 4) is 0 Å². The van der Waals surface area contributed by atoms with Crippen LogP contribution in [0.3, 0.4) is 0 Å². The maximum absolute atomic E-state index is 13.9. The predicted octanol–water partition coefficient (Wildman–Crippen LogP) is 2.47. The Labute approximate surface area is 113 Å². The highest BCUT2D eigenvalue weighted by Crippen LogP contribution is 2.32. The van der Waals surface area contributed by atoms with E-state index in [0.717, 1.165) is 25.6 Å². The van der Waals surface area contributed by atoms with E-state index in [1.807, 2.05) is 4.90 Å². The minimum absolute atomic E-state index is 0.217. The van der Waals surface area contributed by atoms with Crippen molar-refractivity contribution < 1.29 is 8.78 Å². The van der Waals surface area contributed by atoms with E-state index < -0.39 is 11.6 Å². The van der Waals surface area contributed by atoms with Crippen molar-refractivity contribution in [3.63, 3.8) is 0 Å². The Balaban J connectivity index is 2.19. The molecule has 106 valence electrons. The molecule has 0 spiro atoms. The van der Waals surface area contributed by atoms with Crippen LogP contribution in [0.5, 0.6) is 0 Å². The van der Waals surface area contributed by atoms with E-state index in [9.17, 15) is 8.78 Å². The number of benzene rings is 1. The second-order valence-electron chi connectivity index (χ2n) is 4.91. The molecule has 0 radical (unpaired) electrons. The molecule has 19 heavy (non-hydrogen) atoms. The van der Waals surface area contributed by atoms with Gasteiger partial charge in [0.05, 0.1) is 11.4 Å². The summed E-state index contributed by atoms with van der Waals surface area (Å²) >= 11 is 0. The minimum Gasteiger partial charge on any atom is -0.397 e. The lowest BCUT2D eigenvalue weighted by Gasteiger charge is -2.27. The van der Waals surface area contributed by atoms with Gasteiger partial charge in [0.2, 0.25) is 0 Å². The first-order valence-corrected chi connectivity index (χ1v) is 6.80. The number of nitrogens with two attached hydrogens (primary N) is 1. The highest BCUT2D eigenvalue weighted by atomic mass is 19.2. The molecule has 1 aromatic carbocycles. The average Bonchev–Trinajstić information content (AvgIpc) is 2.85. The summed E-state index contributed by atoms with van der Waals surface area (Å²) in [5, 5.41) is 0. The molecule has 0 bridgehead atoms. The molecule has 2 rings (SSSR count). The third-order valence-corrected chi connectivity index (χ3v) is 3.91. The van der Waals surface area contributed by atoms with E-state index in [-0.39, 0.29) is 5.69 Å². The molecule has 0 amide bonds. The topological polar surface area (TPSA) is 32.5 Å². The van der Waals surface area contributed by atoms with Crippen LogP contribution in [0.25, 0.3) is 0 Å². The van der Waals surface area contributed by atoms with Crippen molar-refractivity contribution in [2.45, 2.75) is 26.3 Å². The first kappa shape index (κ1) is 14.1. The predicted molar refractivity (Wildman–Crippen MR) is 74.3 cm³/mol. The molecule has 1 saturated heterocycles. The lowest BCUT2D eigenvalue weighted by Crippen LogP contribution is -2.37. The molecule has 1 unspecified atom stereocenters. The van der Waals surface area contributed by atoms with Gasteiger partial charge >= 0.3 is 0 Å². The number of hydrogen-bond donors (Lipinski definition) is 1. The van der Waals surface area contributed by atoms with Crippen molar-refractivity contribution in [3.05, 3.63) is 23.8 Å². The molecule has 0 saturated carbocycles. The molecule has 0 aliphatic carbocycles. The summed E-state index contributed by atoms with van der Waals surface area (Å²) in [4.78, 5) is 4.20. The second-order valence-corrected chi connectivity index (χ2v) is 4.91. The summed E-state index contributed by atoms with van der Waals surface area (Å²) < 4.78 is 27.2. The lowest BCUT2D eigenvalue weighted by atomic mass is 10.2. The number of hydrogen-bond acceptors (Lipinski definition) is 3. The van der Waals surface area contributed by atoms with Gasteiger partial charge in [-0.05, 0) is 31.6 Å². The van der Waals surface area contributed by atoms with Crippen LogP contribution >= 0.6 is 0 Å². The molecule has 1 aromatic rings. The zero-order valence-electron chi connectivity index (χ0n) is 11.5. The first-order valence-electron chi connectivity index (χ1n) is 6.80. The summed E-state index contributed by atoms with van der Waals surface area (Å²) in [6, 6.07) is 2.89.